The molecule has 1 saturated carbocycles. The summed E-state index contributed by atoms with van der Waals surface area (Å²) in [6.45, 7) is 0. The smallest absolute Gasteiger partial charge is 0.0822 e. The molecule has 1 aromatic heterocycles. The monoisotopic (exact) mass is 260 g/mol. The van der Waals surface area contributed by atoms with E-state index in [1.807, 2.05) is 6.20 Å². The van der Waals surface area contributed by atoms with Crippen molar-refractivity contribution >= 4 is 17.3 Å². The minimum atomic E-state index is 0.673. The highest BCUT2D eigenvalue weighted by Gasteiger charge is 2.40. The number of anilines is 1. The highest BCUT2D eigenvalue weighted by atomic mass is 35.5. The lowest BCUT2D eigenvalue weighted by Gasteiger charge is -2.38. The van der Waals surface area contributed by atoms with Gasteiger partial charge in [0.05, 0.1) is 10.7 Å². The number of nitrogens with zero attached hydrogens (tertiary/aromatic N) is 2. The highest BCUT2D eigenvalue weighted by molar-refractivity contribution is 6.33. The van der Waals surface area contributed by atoms with Crippen LogP contribution in [-0.4, -0.2) is 17.1 Å². The van der Waals surface area contributed by atoms with E-state index >= 15 is 0 Å². The maximum absolute atomic E-state index is 6.31. The van der Waals surface area contributed by atoms with Crippen LogP contribution in [0, 0.1) is 0 Å². The number of hydrogen-bond acceptors (Lipinski definition) is 2. The summed E-state index contributed by atoms with van der Waals surface area (Å²) in [6.07, 6.45) is 11.5. The molecule has 1 aromatic rings. The molecule has 3 heterocycles. The van der Waals surface area contributed by atoms with E-state index in [9.17, 15) is 0 Å². The number of hydrogen-bond donors (Lipinski definition) is 0. The van der Waals surface area contributed by atoms with Crippen LogP contribution in [0.3, 0.4) is 0 Å². The van der Waals surface area contributed by atoms with Crippen LogP contribution in [0.2, 0.25) is 5.02 Å². The lowest BCUT2D eigenvalue weighted by atomic mass is 9.95. The zero-order chi connectivity index (χ0) is 12.1. The summed E-state index contributed by atoms with van der Waals surface area (Å²) in [5.74, 6) is 0. The van der Waals surface area contributed by atoms with Crippen molar-refractivity contribution in [2.75, 3.05) is 4.90 Å². The molecule has 3 heteroatoms. The van der Waals surface area contributed by atoms with E-state index in [0.29, 0.717) is 12.1 Å². The van der Waals surface area contributed by atoms with Gasteiger partial charge < -0.3 is 4.90 Å². The van der Waals surface area contributed by atoms with E-state index in [-0.39, 0.29) is 0 Å². The van der Waals surface area contributed by atoms with Gasteiger partial charge in [-0.25, -0.2) is 0 Å². The van der Waals surface area contributed by atoms with Crippen LogP contribution in [0.25, 0.3) is 0 Å². The Kier molecular flexibility index (Phi) is 2.41. The van der Waals surface area contributed by atoms with Crippen molar-refractivity contribution in [3.63, 3.8) is 0 Å². The second-order valence-electron chi connectivity index (χ2n) is 5.73. The molecule has 94 valence electrons. The van der Waals surface area contributed by atoms with Crippen molar-refractivity contribution in [3.8, 4) is 0 Å². The lowest BCUT2D eigenvalue weighted by molar-refractivity contribution is 0.548. The Morgan fingerprint density at radius 1 is 1.11 bits per heavy atom. The topological polar surface area (TPSA) is 16.1 Å². The third-order valence-corrected chi connectivity index (χ3v) is 4.90. The molecular weight excluding hydrogens is 244 g/mol. The largest absolute Gasteiger partial charge is 0.364 e. The van der Waals surface area contributed by atoms with Crippen molar-refractivity contribution in [1.29, 1.82) is 0 Å². The molecule has 3 fully saturated rings. The van der Waals surface area contributed by atoms with Gasteiger partial charge in [0.1, 0.15) is 0 Å². The van der Waals surface area contributed by atoms with Gasteiger partial charge in [-0.3, -0.25) is 4.98 Å². The summed E-state index contributed by atoms with van der Waals surface area (Å²) in [7, 11) is 0. The van der Waals surface area contributed by atoms with Crippen LogP contribution in [-0.2, 0) is 0 Å². The molecule has 0 radical (unpaired) electrons. The SMILES string of the molecule is Clc1cnccc1N1C2CCC1CC(=C1CC1)C2. The van der Waals surface area contributed by atoms with E-state index in [1.165, 1.54) is 44.2 Å². The number of aromatic nitrogens is 1. The molecule has 2 bridgehead atoms. The minimum absolute atomic E-state index is 0.673. The fraction of sp³-hybridized carbons (Fsp3) is 0.533. The number of piperidine rings is 1. The molecule has 2 unspecified atom stereocenters. The Bertz CT molecular complexity index is 501. The van der Waals surface area contributed by atoms with Gasteiger partial charge >= 0.3 is 0 Å². The molecule has 3 aliphatic rings. The first kappa shape index (κ1) is 10.9. The van der Waals surface area contributed by atoms with E-state index in [1.54, 1.807) is 17.3 Å². The van der Waals surface area contributed by atoms with Crippen LogP contribution in [0.4, 0.5) is 5.69 Å². The fourth-order valence-electron chi connectivity index (χ4n) is 3.69. The van der Waals surface area contributed by atoms with E-state index in [2.05, 4.69) is 16.0 Å². The molecule has 2 atom stereocenters. The molecule has 0 N–H and O–H groups in total. The zero-order valence-corrected chi connectivity index (χ0v) is 11.2. The average molecular weight is 261 g/mol. The summed E-state index contributed by atoms with van der Waals surface area (Å²) in [5.41, 5.74) is 4.72. The van der Waals surface area contributed by atoms with Crippen LogP contribution < -0.4 is 4.90 Å². The Labute approximate surface area is 113 Å². The van der Waals surface area contributed by atoms with Crippen LogP contribution in [0.5, 0.6) is 0 Å². The highest BCUT2D eigenvalue weighted by Crippen LogP contribution is 2.47. The number of fused-ring (bicyclic) bond motifs is 2. The van der Waals surface area contributed by atoms with Crippen molar-refractivity contribution in [1.82, 2.24) is 4.98 Å². The maximum Gasteiger partial charge on any atom is 0.0822 e. The Hall–Kier alpha value is -1.02. The number of allylic oxidation sites excluding steroid dienone is 1. The summed E-state index contributed by atoms with van der Waals surface area (Å²) in [5, 5.41) is 0.803. The van der Waals surface area contributed by atoms with Crippen LogP contribution in [0.1, 0.15) is 38.5 Å². The molecule has 0 aromatic carbocycles. The second-order valence-corrected chi connectivity index (χ2v) is 6.14. The zero-order valence-electron chi connectivity index (χ0n) is 10.4. The van der Waals surface area contributed by atoms with E-state index in [4.69, 9.17) is 11.6 Å². The standard InChI is InChI=1S/C15H17ClN2/c16-14-9-17-6-5-15(14)18-12-3-4-13(18)8-11(7-12)10-1-2-10/h5-6,9,12-13H,1-4,7-8H2. The minimum Gasteiger partial charge on any atom is -0.364 e. The number of pyridine rings is 1. The number of halogens is 1. The Morgan fingerprint density at radius 3 is 2.44 bits per heavy atom. The lowest BCUT2D eigenvalue weighted by Crippen LogP contribution is -2.40. The first-order valence-electron chi connectivity index (χ1n) is 6.90. The fourth-order valence-corrected chi connectivity index (χ4v) is 3.91. The van der Waals surface area contributed by atoms with Crippen LogP contribution in [0.15, 0.2) is 29.6 Å². The molecule has 0 spiro atoms. The predicted octanol–water partition coefficient (Wildman–Crippen LogP) is 3.96. The Balaban J connectivity index is 1.68. The first-order chi connectivity index (χ1) is 8.83. The molecule has 2 saturated heterocycles. The van der Waals surface area contributed by atoms with Gasteiger partial charge in [0, 0.05) is 24.5 Å². The first-order valence-corrected chi connectivity index (χ1v) is 7.28. The van der Waals surface area contributed by atoms with Gasteiger partial charge in [-0.15, -0.1) is 0 Å². The van der Waals surface area contributed by atoms with Crippen LogP contribution >= 0.6 is 11.6 Å². The van der Waals surface area contributed by atoms with Gasteiger partial charge in [-0.05, 0) is 44.6 Å². The van der Waals surface area contributed by atoms with E-state index < -0.39 is 0 Å². The molecular formula is C15H17ClN2. The van der Waals surface area contributed by atoms with E-state index in [0.717, 1.165) is 5.02 Å². The second kappa shape index (κ2) is 3.99. The number of rotatable bonds is 1. The third-order valence-electron chi connectivity index (χ3n) is 4.61. The van der Waals surface area contributed by atoms with Gasteiger partial charge in [-0.1, -0.05) is 22.7 Å². The van der Waals surface area contributed by atoms with Crippen molar-refractivity contribution in [2.24, 2.45) is 0 Å². The summed E-state index contributed by atoms with van der Waals surface area (Å²) < 4.78 is 0. The third kappa shape index (κ3) is 1.66. The molecule has 2 nitrogen and oxygen atoms in total. The van der Waals surface area contributed by atoms with Gasteiger partial charge in [0.25, 0.3) is 0 Å². The van der Waals surface area contributed by atoms with Crippen molar-refractivity contribution < 1.29 is 0 Å². The van der Waals surface area contributed by atoms with Gasteiger partial charge in [0.2, 0.25) is 0 Å². The predicted molar refractivity (Wildman–Crippen MR) is 74.0 cm³/mol. The van der Waals surface area contributed by atoms with Gasteiger partial charge in [0.15, 0.2) is 0 Å². The summed E-state index contributed by atoms with van der Waals surface area (Å²) >= 11 is 6.31. The molecule has 18 heavy (non-hydrogen) atoms. The molecule has 2 aliphatic heterocycles. The van der Waals surface area contributed by atoms with Crippen molar-refractivity contribution in [2.45, 2.75) is 50.6 Å². The normalized spacial score (nSPS) is 29.9. The molecule has 0 amide bonds. The summed E-state index contributed by atoms with van der Waals surface area (Å²) in [6, 6.07) is 3.42. The van der Waals surface area contributed by atoms with Gasteiger partial charge in [-0.2, -0.15) is 0 Å². The average Bonchev–Trinajstić information content (AvgIpc) is 3.17. The Morgan fingerprint density at radius 2 is 1.83 bits per heavy atom. The van der Waals surface area contributed by atoms with Crippen molar-refractivity contribution in [3.05, 3.63) is 34.6 Å². The summed E-state index contributed by atoms with van der Waals surface area (Å²) in [4.78, 5) is 6.66. The molecule has 4 rings (SSSR count). The quantitative estimate of drug-likeness (QED) is 0.711. The maximum atomic E-state index is 6.31. The molecule has 1 aliphatic carbocycles.